The molecule has 0 aromatic heterocycles. The number of barbiturate groups is 1. The van der Waals surface area contributed by atoms with Crippen molar-refractivity contribution in [3.05, 3.63) is 97.4 Å². The van der Waals surface area contributed by atoms with E-state index in [1.54, 1.807) is 24.3 Å². The summed E-state index contributed by atoms with van der Waals surface area (Å²) in [6.45, 7) is 3.81. The Hall–Kier alpha value is -3.53. The van der Waals surface area contributed by atoms with Gasteiger partial charge in [-0.3, -0.25) is 14.9 Å². The fraction of sp³-hybridized carbons (Fsp3) is 0.148. The second kappa shape index (κ2) is 9.99. The molecule has 0 atom stereocenters. The van der Waals surface area contributed by atoms with Crippen molar-refractivity contribution in [3.8, 4) is 5.75 Å². The Labute approximate surface area is 215 Å². The Morgan fingerprint density at radius 3 is 2.49 bits per heavy atom. The number of amides is 4. The van der Waals surface area contributed by atoms with Gasteiger partial charge in [-0.25, -0.2) is 14.1 Å². The molecular weight excluding hydrogens is 562 g/mol. The normalized spacial score (nSPS) is 14.9. The van der Waals surface area contributed by atoms with Gasteiger partial charge in [-0.05, 0) is 101 Å². The number of benzene rings is 3. The van der Waals surface area contributed by atoms with Gasteiger partial charge >= 0.3 is 6.03 Å². The first-order valence-corrected chi connectivity index (χ1v) is 11.9. The van der Waals surface area contributed by atoms with Gasteiger partial charge in [0.1, 0.15) is 17.1 Å². The second-order valence-electron chi connectivity index (χ2n) is 8.22. The third-order valence-corrected chi connectivity index (χ3v) is 6.79. The number of hydrogen-bond acceptors (Lipinski definition) is 4. The number of carbonyl (C=O) groups excluding carboxylic acids is 3. The molecule has 0 bridgehead atoms. The fourth-order valence-corrected chi connectivity index (χ4v) is 4.66. The van der Waals surface area contributed by atoms with Crippen molar-refractivity contribution in [2.75, 3.05) is 12.0 Å². The van der Waals surface area contributed by atoms with Crippen LogP contribution in [0.25, 0.3) is 6.08 Å². The third kappa shape index (κ3) is 5.12. The highest BCUT2D eigenvalue weighted by Gasteiger charge is 2.37. The van der Waals surface area contributed by atoms with Crippen LogP contribution in [0.4, 0.5) is 14.9 Å². The van der Waals surface area contributed by atoms with Crippen LogP contribution < -0.4 is 15.0 Å². The maximum atomic E-state index is 13.6. The summed E-state index contributed by atoms with van der Waals surface area (Å²) in [5.74, 6) is -1.25. The first-order chi connectivity index (χ1) is 16.7. The lowest BCUT2D eigenvalue weighted by Gasteiger charge is -2.27. The van der Waals surface area contributed by atoms with Crippen molar-refractivity contribution >= 4 is 52.2 Å². The summed E-state index contributed by atoms with van der Waals surface area (Å²) in [6, 6.07) is 14.3. The van der Waals surface area contributed by atoms with Crippen LogP contribution in [0.1, 0.15) is 27.8 Å². The van der Waals surface area contributed by atoms with Gasteiger partial charge in [0.2, 0.25) is 0 Å². The summed E-state index contributed by atoms with van der Waals surface area (Å²) >= 11 is 2.15. The molecule has 0 radical (unpaired) electrons. The Bertz CT molecular complexity index is 1400. The van der Waals surface area contributed by atoms with Crippen LogP contribution in [-0.4, -0.2) is 25.0 Å². The van der Waals surface area contributed by atoms with Gasteiger partial charge in [0, 0.05) is 15.6 Å². The molecule has 0 unspecified atom stereocenters. The van der Waals surface area contributed by atoms with Crippen LogP contribution in [0.15, 0.2) is 60.2 Å². The van der Waals surface area contributed by atoms with Gasteiger partial charge in [0.15, 0.2) is 0 Å². The zero-order valence-electron chi connectivity index (χ0n) is 19.3. The van der Waals surface area contributed by atoms with Gasteiger partial charge in [0.05, 0.1) is 12.8 Å². The van der Waals surface area contributed by atoms with E-state index in [0.717, 1.165) is 30.7 Å². The number of ether oxygens (including phenoxy) is 1. The number of carbonyl (C=O) groups is 3. The van der Waals surface area contributed by atoms with Gasteiger partial charge in [-0.1, -0.05) is 18.2 Å². The highest BCUT2D eigenvalue weighted by molar-refractivity contribution is 14.1. The summed E-state index contributed by atoms with van der Waals surface area (Å²) in [4.78, 5) is 39.3. The SMILES string of the molecule is COc1cc(/C=C2\C(=O)NC(=O)N(c3ccc(C)c(C)c3)C2=O)cc(I)c1Cc1cccc(F)c1. The largest absolute Gasteiger partial charge is 0.496 e. The summed E-state index contributed by atoms with van der Waals surface area (Å²) in [7, 11) is 1.52. The maximum Gasteiger partial charge on any atom is 0.335 e. The molecule has 3 aromatic rings. The number of aryl methyl sites for hydroxylation is 2. The summed E-state index contributed by atoms with van der Waals surface area (Å²) in [6.07, 6.45) is 1.89. The quantitative estimate of drug-likeness (QED) is 0.251. The number of urea groups is 1. The minimum atomic E-state index is -0.794. The van der Waals surface area contributed by atoms with Gasteiger partial charge < -0.3 is 4.74 Å². The highest BCUT2D eigenvalue weighted by atomic mass is 127. The Morgan fingerprint density at radius 2 is 1.80 bits per heavy atom. The molecule has 8 heteroatoms. The van der Waals surface area contributed by atoms with E-state index < -0.39 is 17.8 Å². The van der Waals surface area contributed by atoms with Gasteiger partial charge in [-0.2, -0.15) is 0 Å². The molecule has 1 N–H and O–H groups in total. The number of nitrogens with zero attached hydrogens (tertiary/aromatic N) is 1. The van der Waals surface area contributed by atoms with E-state index in [-0.39, 0.29) is 11.4 Å². The van der Waals surface area contributed by atoms with Gasteiger partial charge in [0.25, 0.3) is 11.8 Å². The Kier molecular flexibility index (Phi) is 7.02. The van der Waals surface area contributed by atoms with E-state index in [0.29, 0.717) is 23.4 Å². The summed E-state index contributed by atoms with van der Waals surface area (Å²) in [5.41, 5.74) is 4.35. The van der Waals surface area contributed by atoms with Crippen molar-refractivity contribution in [2.45, 2.75) is 20.3 Å². The average molecular weight is 584 g/mol. The van der Waals surface area contributed by atoms with Crippen molar-refractivity contribution in [1.82, 2.24) is 5.32 Å². The second-order valence-corrected chi connectivity index (χ2v) is 9.38. The van der Waals surface area contributed by atoms with E-state index in [2.05, 4.69) is 27.9 Å². The van der Waals surface area contributed by atoms with Crippen LogP contribution >= 0.6 is 22.6 Å². The first kappa shape index (κ1) is 24.6. The van der Waals surface area contributed by atoms with E-state index in [9.17, 15) is 18.8 Å². The molecule has 4 rings (SSSR count). The number of imide groups is 2. The molecule has 1 aliphatic rings. The fourth-order valence-electron chi connectivity index (χ4n) is 3.84. The predicted octanol–water partition coefficient (Wildman–Crippen LogP) is 5.31. The van der Waals surface area contributed by atoms with Crippen LogP contribution in [0.5, 0.6) is 5.75 Å². The number of nitrogens with one attached hydrogen (secondary N) is 1. The molecule has 178 valence electrons. The molecule has 6 nitrogen and oxygen atoms in total. The van der Waals surface area contributed by atoms with Crippen LogP contribution in [0.2, 0.25) is 0 Å². The van der Waals surface area contributed by atoms with E-state index in [4.69, 9.17) is 4.74 Å². The minimum Gasteiger partial charge on any atom is -0.496 e. The summed E-state index contributed by atoms with van der Waals surface area (Å²) < 4.78 is 20.0. The smallest absolute Gasteiger partial charge is 0.335 e. The van der Waals surface area contributed by atoms with Crippen molar-refractivity contribution in [2.24, 2.45) is 0 Å². The zero-order valence-corrected chi connectivity index (χ0v) is 21.5. The maximum absolute atomic E-state index is 13.6. The van der Waals surface area contributed by atoms with Crippen LogP contribution in [0, 0.1) is 23.2 Å². The van der Waals surface area contributed by atoms with Crippen LogP contribution in [-0.2, 0) is 16.0 Å². The molecule has 1 saturated heterocycles. The molecule has 1 fully saturated rings. The van der Waals surface area contributed by atoms with E-state index in [1.807, 2.05) is 32.0 Å². The number of halogens is 2. The standard InChI is InChI=1S/C27H22FIN2O4/c1-15-7-8-20(9-16(15)2)31-26(33)22(25(32)30-27(31)34)12-18-13-23(29)21(24(14-18)35-3)11-17-5-4-6-19(28)10-17/h4-10,12-14H,11H2,1-3H3,(H,30,32,34)/b22-12+. The monoisotopic (exact) mass is 584 g/mol. The van der Waals surface area contributed by atoms with Crippen LogP contribution in [0.3, 0.4) is 0 Å². The van der Waals surface area contributed by atoms with Crippen molar-refractivity contribution in [1.29, 1.82) is 0 Å². The predicted molar refractivity (Wildman–Crippen MR) is 140 cm³/mol. The molecule has 1 heterocycles. The highest BCUT2D eigenvalue weighted by Crippen LogP contribution is 2.31. The molecule has 1 aliphatic heterocycles. The van der Waals surface area contributed by atoms with Crippen molar-refractivity contribution in [3.63, 3.8) is 0 Å². The lowest BCUT2D eigenvalue weighted by atomic mass is 10.0. The molecule has 0 saturated carbocycles. The summed E-state index contributed by atoms with van der Waals surface area (Å²) in [5, 5.41) is 2.25. The van der Waals surface area contributed by atoms with E-state index in [1.165, 1.54) is 25.3 Å². The Morgan fingerprint density at radius 1 is 1.03 bits per heavy atom. The van der Waals surface area contributed by atoms with E-state index >= 15 is 0 Å². The molecule has 4 amide bonds. The first-order valence-electron chi connectivity index (χ1n) is 10.8. The number of methoxy groups -OCH3 is 1. The number of anilines is 1. The average Bonchev–Trinajstić information content (AvgIpc) is 2.80. The topological polar surface area (TPSA) is 75.7 Å². The Balaban J connectivity index is 1.71. The lowest BCUT2D eigenvalue weighted by molar-refractivity contribution is -0.122. The molecule has 35 heavy (non-hydrogen) atoms. The molecular formula is C27H22FIN2O4. The lowest BCUT2D eigenvalue weighted by Crippen LogP contribution is -2.54. The minimum absolute atomic E-state index is 0.168. The number of rotatable bonds is 5. The molecule has 0 spiro atoms. The van der Waals surface area contributed by atoms with Crippen molar-refractivity contribution < 1.29 is 23.5 Å². The molecule has 0 aliphatic carbocycles. The zero-order chi connectivity index (χ0) is 25.3. The third-order valence-electron chi connectivity index (χ3n) is 5.83. The number of hydrogen-bond donors (Lipinski definition) is 1. The molecule has 3 aromatic carbocycles. The van der Waals surface area contributed by atoms with Gasteiger partial charge in [-0.15, -0.1) is 0 Å².